The molecule has 0 saturated carbocycles. The smallest absolute Gasteiger partial charge is 0.160 e. The lowest BCUT2D eigenvalue weighted by Crippen LogP contribution is -2.25. The third kappa shape index (κ3) is 2.68. The molecule has 3 atom stereocenters. The van der Waals surface area contributed by atoms with Crippen LogP contribution in [-0.2, 0) is 17.6 Å². The molecule has 4 rings (SSSR count). The lowest BCUT2D eigenvalue weighted by Gasteiger charge is -2.31. The molecule has 0 radical (unpaired) electrons. The van der Waals surface area contributed by atoms with Gasteiger partial charge in [-0.15, -0.1) is 0 Å². The first kappa shape index (κ1) is 16.1. The second-order valence-electron chi connectivity index (χ2n) is 6.82. The van der Waals surface area contributed by atoms with Gasteiger partial charge in [0, 0.05) is 0 Å². The Morgan fingerprint density at radius 1 is 1.04 bits per heavy atom. The number of aromatic hydroxyl groups is 2. The Labute approximate surface area is 146 Å². The highest BCUT2D eigenvalue weighted by molar-refractivity contribution is 5.49. The Kier molecular flexibility index (Phi) is 3.96. The molecule has 1 heterocycles. The predicted molar refractivity (Wildman–Crippen MR) is 92.4 cm³/mol. The van der Waals surface area contributed by atoms with Crippen molar-refractivity contribution in [2.75, 3.05) is 20.8 Å². The highest BCUT2D eigenvalue weighted by Gasteiger charge is 2.43. The van der Waals surface area contributed by atoms with Crippen LogP contribution in [0.15, 0.2) is 30.3 Å². The van der Waals surface area contributed by atoms with Crippen LogP contribution in [0.4, 0.5) is 0 Å². The van der Waals surface area contributed by atoms with Crippen LogP contribution in [0.5, 0.6) is 23.0 Å². The normalized spacial score (nSPS) is 24.0. The molecule has 2 N–H and O–H groups in total. The van der Waals surface area contributed by atoms with Crippen LogP contribution in [0.3, 0.4) is 0 Å². The number of hydrogen-bond acceptors (Lipinski definition) is 5. The molecule has 5 nitrogen and oxygen atoms in total. The van der Waals surface area contributed by atoms with E-state index in [0.717, 1.165) is 30.6 Å². The van der Waals surface area contributed by atoms with Crippen LogP contribution in [0.1, 0.15) is 22.8 Å². The summed E-state index contributed by atoms with van der Waals surface area (Å²) in [5.74, 6) is 2.09. The first-order valence-corrected chi connectivity index (χ1v) is 8.48. The van der Waals surface area contributed by atoms with Gasteiger partial charge in [-0.1, -0.05) is 6.07 Å². The third-order valence-corrected chi connectivity index (χ3v) is 5.43. The van der Waals surface area contributed by atoms with E-state index in [1.54, 1.807) is 26.4 Å². The van der Waals surface area contributed by atoms with Gasteiger partial charge < -0.3 is 24.4 Å². The zero-order valence-corrected chi connectivity index (χ0v) is 14.4. The van der Waals surface area contributed by atoms with E-state index in [0.29, 0.717) is 23.3 Å². The number of phenolic OH excluding ortho intramolecular Hbond substituents is 2. The zero-order chi connectivity index (χ0) is 17.6. The second-order valence-corrected chi connectivity index (χ2v) is 6.82. The van der Waals surface area contributed by atoms with Crippen LogP contribution in [0, 0.1) is 11.8 Å². The second kappa shape index (κ2) is 6.15. The summed E-state index contributed by atoms with van der Waals surface area (Å²) in [6.45, 7) is 0.725. The van der Waals surface area contributed by atoms with Crippen LogP contribution in [-0.4, -0.2) is 31.0 Å². The summed E-state index contributed by atoms with van der Waals surface area (Å²) >= 11 is 0. The summed E-state index contributed by atoms with van der Waals surface area (Å²) in [5, 5.41) is 19.9. The molecule has 2 aromatic rings. The van der Waals surface area contributed by atoms with E-state index < -0.39 is 0 Å². The van der Waals surface area contributed by atoms with Crippen LogP contribution in [0.2, 0.25) is 0 Å². The van der Waals surface area contributed by atoms with Crippen LogP contribution < -0.4 is 9.47 Å². The fraction of sp³-hybridized carbons (Fsp3) is 0.400. The van der Waals surface area contributed by atoms with Crippen molar-refractivity contribution in [3.63, 3.8) is 0 Å². The third-order valence-electron chi connectivity index (χ3n) is 5.43. The number of phenols is 2. The molecule has 0 spiro atoms. The van der Waals surface area contributed by atoms with Gasteiger partial charge >= 0.3 is 0 Å². The number of fused-ring (bicyclic) bond motifs is 4. The van der Waals surface area contributed by atoms with Crippen molar-refractivity contribution in [2.45, 2.75) is 18.9 Å². The summed E-state index contributed by atoms with van der Waals surface area (Å²) in [4.78, 5) is 0. The maximum Gasteiger partial charge on any atom is 0.160 e. The standard InChI is InChI=1S/C20H22O5/c1-23-18-6-11(3-4-16(18)21)5-14-13-7-12-8-19(24-2)17(22)9-15(12)20(14)25-10-13/h3-4,6,8-9,13-14,20-22H,5,7,10H2,1-2H3. The van der Waals surface area contributed by atoms with E-state index in [1.807, 2.05) is 18.2 Å². The lowest BCUT2D eigenvalue weighted by molar-refractivity contribution is 0.0905. The zero-order valence-electron chi connectivity index (χ0n) is 14.4. The fourth-order valence-corrected chi connectivity index (χ4v) is 4.16. The van der Waals surface area contributed by atoms with Gasteiger partial charge in [-0.05, 0) is 65.6 Å². The number of benzene rings is 2. The molecule has 0 amide bonds. The predicted octanol–water partition coefficient (Wildman–Crippen LogP) is 3.22. The molecule has 1 aliphatic carbocycles. The highest BCUT2D eigenvalue weighted by atomic mass is 16.5. The molecule has 1 aliphatic heterocycles. The van der Waals surface area contributed by atoms with Crippen LogP contribution >= 0.6 is 0 Å². The minimum atomic E-state index is -0.0228. The van der Waals surface area contributed by atoms with Gasteiger partial charge in [0.15, 0.2) is 23.0 Å². The van der Waals surface area contributed by atoms with E-state index in [4.69, 9.17) is 14.2 Å². The van der Waals surface area contributed by atoms with Crippen molar-refractivity contribution in [1.29, 1.82) is 0 Å². The van der Waals surface area contributed by atoms with Gasteiger partial charge in [0.2, 0.25) is 0 Å². The molecule has 25 heavy (non-hydrogen) atoms. The fourth-order valence-electron chi connectivity index (χ4n) is 4.16. The van der Waals surface area contributed by atoms with Crippen molar-refractivity contribution < 1.29 is 24.4 Å². The Balaban J connectivity index is 1.64. The first-order valence-electron chi connectivity index (χ1n) is 8.48. The quantitative estimate of drug-likeness (QED) is 0.893. The Morgan fingerprint density at radius 2 is 1.80 bits per heavy atom. The van der Waals surface area contributed by atoms with Gasteiger partial charge in [0.1, 0.15) is 0 Å². The molecular weight excluding hydrogens is 320 g/mol. The summed E-state index contributed by atoms with van der Waals surface area (Å²) in [7, 11) is 3.12. The number of hydrogen-bond donors (Lipinski definition) is 2. The average Bonchev–Trinajstić information content (AvgIpc) is 2.89. The van der Waals surface area contributed by atoms with E-state index >= 15 is 0 Å². The van der Waals surface area contributed by atoms with Gasteiger partial charge in [0.05, 0.1) is 26.9 Å². The van der Waals surface area contributed by atoms with E-state index in [9.17, 15) is 10.2 Å². The minimum absolute atomic E-state index is 0.0228. The maximum absolute atomic E-state index is 10.1. The summed E-state index contributed by atoms with van der Waals surface area (Å²) in [6, 6.07) is 9.20. The molecule has 132 valence electrons. The average molecular weight is 342 g/mol. The van der Waals surface area contributed by atoms with E-state index in [2.05, 4.69) is 0 Å². The minimum Gasteiger partial charge on any atom is -0.504 e. The lowest BCUT2D eigenvalue weighted by atomic mass is 9.73. The molecule has 3 unspecified atom stereocenters. The van der Waals surface area contributed by atoms with Crippen molar-refractivity contribution in [1.82, 2.24) is 0 Å². The van der Waals surface area contributed by atoms with Crippen molar-refractivity contribution in [3.05, 3.63) is 47.0 Å². The van der Waals surface area contributed by atoms with Crippen molar-refractivity contribution >= 4 is 0 Å². The molecule has 5 heteroatoms. The SMILES string of the molecule is COc1cc(CC2C3COC2c2cc(O)c(OC)cc2C3)ccc1O. The molecule has 2 aromatic carbocycles. The highest BCUT2D eigenvalue weighted by Crippen LogP contribution is 2.50. The molecule has 2 bridgehead atoms. The molecule has 1 saturated heterocycles. The van der Waals surface area contributed by atoms with Gasteiger partial charge in [-0.2, -0.15) is 0 Å². The number of rotatable bonds is 4. The topological polar surface area (TPSA) is 68.2 Å². The van der Waals surface area contributed by atoms with E-state index in [-0.39, 0.29) is 17.6 Å². The van der Waals surface area contributed by atoms with E-state index in [1.165, 1.54) is 5.56 Å². The maximum atomic E-state index is 10.1. The van der Waals surface area contributed by atoms with Gasteiger partial charge in [-0.25, -0.2) is 0 Å². The molecule has 1 fully saturated rings. The monoisotopic (exact) mass is 342 g/mol. The molecule has 2 aliphatic rings. The summed E-state index contributed by atoms with van der Waals surface area (Å²) in [6.07, 6.45) is 1.74. The number of methoxy groups -OCH3 is 2. The van der Waals surface area contributed by atoms with Crippen LogP contribution in [0.25, 0.3) is 0 Å². The molecular formula is C20H22O5. The summed E-state index contributed by atoms with van der Waals surface area (Å²) < 4.78 is 16.5. The largest absolute Gasteiger partial charge is 0.504 e. The Hall–Kier alpha value is -2.40. The van der Waals surface area contributed by atoms with Gasteiger partial charge in [-0.3, -0.25) is 0 Å². The van der Waals surface area contributed by atoms with Crippen molar-refractivity contribution in [3.8, 4) is 23.0 Å². The van der Waals surface area contributed by atoms with Crippen molar-refractivity contribution in [2.24, 2.45) is 11.8 Å². The summed E-state index contributed by atoms with van der Waals surface area (Å²) in [5.41, 5.74) is 3.37. The number of ether oxygens (including phenoxy) is 3. The molecule has 0 aromatic heterocycles. The first-order chi connectivity index (χ1) is 12.1. The Bertz CT molecular complexity index is 801. The van der Waals surface area contributed by atoms with Gasteiger partial charge in [0.25, 0.3) is 0 Å². The Morgan fingerprint density at radius 3 is 2.56 bits per heavy atom.